The van der Waals surface area contributed by atoms with Gasteiger partial charge in [0.1, 0.15) is 6.04 Å². The van der Waals surface area contributed by atoms with Gasteiger partial charge in [-0.3, -0.25) is 9.48 Å². The molecule has 7 heteroatoms. The number of carbonyl (C=O) groups is 2. The number of carbonyl (C=O) groups excluding carboxylic acids is 1. The fraction of sp³-hybridized carbons (Fsp3) is 0.417. The molecule has 1 amide bonds. The lowest BCUT2D eigenvalue weighted by molar-refractivity contribution is -0.147. The maximum Gasteiger partial charge on any atom is 0.327 e. The summed E-state index contributed by atoms with van der Waals surface area (Å²) in [6, 6.07) is -0.744. The number of hydrogen-bond acceptors (Lipinski definition) is 4. The maximum absolute atomic E-state index is 12.1. The van der Waals surface area contributed by atoms with Gasteiger partial charge in [0.15, 0.2) is 0 Å². The third-order valence-electron chi connectivity index (χ3n) is 2.91. The molecule has 0 aromatic carbocycles. The van der Waals surface area contributed by atoms with Crippen LogP contribution in [0.3, 0.4) is 0 Å². The molecule has 0 bridgehead atoms. The maximum atomic E-state index is 12.1. The van der Waals surface area contributed by atoms with Gasteiger partial charge in [-0.25, -0.2) is 4.79 Å². The highest BCUT2D eigenvalue weighted by atomic mass is 32.2. The van der Waals surface area contributed by atoms with Crippen LogP contribution in [0.15, 0.2) is 18.5 Å². The van der Waals surface area contributed by atoms with Gasteiger partial charge >= 0.3 is 5.97 Å². The molecule has 2 rings (SSSR count). The lowest BCUT2D eigenvalue weighted by atomic mass is 10.2. The Kier molecular flexibility index (Phi) is 3.94. The van der Waals surface area contributed by atoms with E-state index in [2.05, 4.69) is 5.10 Å². The number of nitrogens with zero attached hydrogens (tertiary/aromatic N) is 3. The van der Waals surface area contributed by atoms with Crippen molar-refractivity contribution in [3.05, 3.63) is 24.0 Å². The lowest BCUT2D eigenvalue weighted by Gasteiger charge is -2.23. The van der Waals surface area contributed by atoms with E-state index in [-0.39, 0.29) is 11.3 Å². The van der Waals surface area contributed by atoms with E-state index in [1.807, 2.05) is 6.92 Å². The largest absolute Gasteiger partial charge is 0.480 e. The quantitative estimate of drug-likeness (QED) is 0.830. The average Bonchev–Trinajstić information content (AvgIpc) is 2.92. The van der Waals surface area contributed by atoms with E-state index < -0.39 is 12.0 Å². The van der Waals surface area contributed by atoms with Gasteiger partial charge in [-0.05, 0) is 13.0 Å². The first kappa shape index (κ1) is 13.7. The van der Waals surface area contributed by atoms with Crippen LogP contribution in [0.5, 0.6) is 0 Å². The molecule has 2 unspecified atom stereocenters. The number of amides is 1. The van der Waals surface area contributed by atoms with Crippen molar-refractivity contribution < 1.29 is 14.7 Å². The zero-order chi connectivity index (χ0) is 14.0. The second-order valence-corrected chi connectivity index (χ2v) is 5.66. The Morgan fingerprint density at radius 1 is 1.58 bits per heavy atom. The Morgan fingerprint density at radius 3 is 2.89 bits per heavy atom. The summed E-state index contributed by atoms with van der Waals surface area (Å²) in [7, 11) is 1.79. The smallest absolute Gasteiger partial charge is 0.327 e. The lowest BCUT2D eigenvalue weighted by Crippen LogP contribution is -2.43. The molecule has 1 saturated heterocycles. The zero-order valence-electron chi connectivity index (χ0n) is 10.7. The molecule has 1 fully saturated rings. The van der Waals surface area contributed by atoms with E-state index in [0.717, 1.165) is 5.56 Å². The number of hydrogen-bond donors (Lipinski definition) is 1. The molecule has 1 N–H and O–H groups in total. The predicted molar refractivity (Wildman–Crippen MR) is 72.4 cm³/mol. The van der Waals surface area contributed by atoms with Crippen molar-refractivity contribution in [1.82, 2.24) is 14.7 Å². The second kappa shape index (κ2) is 5.48. The van der Waals surface area contributed by atoms with Crippen LogP contribution < -0.4 is 0 Å². The number of carboxylic acids is 1. The third-order valence-corrected chi connectivity index (χ3v) is 4.12. The molecular weight excluding hydrogens is 266 g/mol. The van der Waals surface area contributed by atoms with Crippen LogP contribution in [0, 0.1) is 0 Å². The Balaban J connectivity index is 2.10. The monoisotopic (exact) mass is 281 g/mol. The number of carboxylic acid groups (broad SMARTS) is 1. The molecule has 2 heterocycles. The van der Waals surface area contributed by atoms with E-state index in [1.165, 1.54) is 22.7 Å². The molecule has 0 aliphatic carbocycles. The van der Waals surface area contributed by atoms with Crippen LogP contribution in [-0.2, 0) is 16.6 Å². The van der Waals surface area contributed by atoms with Crippen LogP contribution in [0.1, 0.15) is 12.5 Å². The second-order valence-electron chi connectivity index (χ2n) is 4.31. The van der Waals surface area contributed by atoms with Gasteiger partial charge in [0, 0.05) is 30.6 Å². The van der Waals surface area contributed by atoms with Gasteiger partial charge in [-0.2, -0.15) is 5.10 Å². The molecule has 0 spiro atoms. The third kappa shape index (κ3) is 2.98. The highest BCUT2D eigenvalue weighted by Gasteiger charge is 2.38. The minimum atomic E-state index is -0.958. The summed E-state index contributed by atoms with van der Waals surface area (Å²) in [4.78, 5) is 24.6. The summed E-state index contributed by atoms with van der Waals surface area (Å²) < 4.78 is 1.64. The number of thioether (sulfide) groups is 1. The van der Waals surface area contributed by atoms with Crippen molar-refractivity contribution in [3.8, 4) is 0 Å². The minimum Gasteiger partial charge on any atom is -0.480 e. The normalized spacial score (nSPS) is 23.2. The van der Waals surface area contributed by atoms with Crippen molar-refractivity contribution in [1.29, 1.82) is 0 Å². The molecule has 0 radical (unpaired) electrons. The van der Waals surface area contributed by atoms with Crippen LogP contribution in [-0.4, -0.2) is 48.8 Å². The molecule has 6 nitrogen and oxygen atoms in total. The Hall–Kier alpha value is -1.76. The molecule has 0 saturated carbocycles. The molecule has 1 aliphatic heterocycles. The minimum absolute atomic E-state index is 0.118. The fourth-order valence-electron chi connectivity index (χ4n) is 1.95. The molecule has 2 atom stereocenters. The summed E-state index contributed by atoms with van der Waals surface area (Å²) in [5.74, 6) is -0.808. The number of aliphatic carboxylic acids is 1. The van der Waals surface area contributed by atoms with E-state index >= 15 is 0 Å². The van der Waals surface area contributed by atoms with Gasteiger partial charge in [-0.1, -0.05) is 0 Å². The summed E-state index contributed by atoms with van der Waals surface area (Å²) in [5.41, 5.74) is 0.808. The molecule has 1 aromatic heterocycles. The van der Waals surface area contributed by atoms with E-state index in [0.29, 0.717) is 5.75 Å². The average molecular weight is 281 g/mol. The van der Waals surface area contributed by atoms with Gasteiger partial charge < -0.3 is 10.0 Å². The molecule has 19 heavy (non-hydrogen) atoms. The molecule has 102 valence electrons. The zero-order valence-corrected chi connectivity index (χ0v) is 11.5. The Bertz CT molecular complexity index is 526. The SMILES string of the molecule is CC1SCC(C(=O)O)N1C(=O)C=Cc1cnn(C)c1. The summed E-state index contributed by atoms with van der Waals surface area (Å²) >= 11 is 1.47. The number of rotatable bonds is 3. The molecule has 1 aliphatic rings. The van der Waals surface area contributed by atoms with Crippen LogP contribution in [0.4, 0.5) is 0 Å². The summed E-state index contributed by atoms with van der Waals surface area (Å²) in [5, 5.41) is 13.0. The first-order valence-corrected chi connectivity index (χ1v) is 6.87. The molecular formula is C12H15N3O3S. The predicted octanol–water partition coefficient (Wildman–Crippen LogP) is 0.808. The van der Waals surface area contributed by atoms with Crippen molar-refractivity contribution in [3.63, 3.8) is 0 Å². The van der Waals surface area contributed by atoms with Crippen LogP contribution in [0.25, 0.3) is 6.08 Å². The van der Waals surface area contributed by atoms with Gasteiger partial charge in [-0.15, -0.1) is 11.8 Å². The van der Waals surface area contributed by atoms with Gasteiger partial charge in [0.05, 0.1) is 11.6 Å². The van der Waals surface area contributed by atoms with E-state index in [4.69, 9.17) is 5.11 Å². The van der Waals surface area contributed by atoms with Crippen molar-refractivity contribution in [2.75, 3.05) is 5.75 Å². The Labute approximate surface area is 115 Å². The summed E-state index contributed by atoms with van der Waals surface area (Å²) in [6.07, 6.45) is 6.46. The van der Waals surface area contributed by atoms with E-state index in [1.54, 1.807) is 30.2 Å². The van der Waals surface area contributed by atoms with Crippen molar-refractivity contribution >= 4 is 29.7 Å². The molecule has 1 aromatic rings. The van der Waals surface area contributed by atoms with E-state index in [9.17, 15) is 9.59 Å². The Morgan fingerprint density at radius 2 is 2.32 bits per heavy atom. The van der Waals surface area contributed by atoms with Crippen molar-refractivity contribution in [2.24, 2.45) is 7.05 Å². The number of aromatic nitrogens is 2. The standard InChI is InChI=1S/C12H15N3O3S/c1-8-15(10(7-19-8)12(17)18)11(16)4-3-9-5-13-14(2)6-9/h3-6,8,10H,7H2,1-2H3,(H,17,18). The fourth-order valence-corrected chi connectivity index (χ4v) is 3.12. The van der Waals surface area contributed by atoms with Crippen LogP contribution in [0.2, 0.25) is 0 Å². The number of aryl methyl sites for hydroxylation is 1. The summed E-state index contributed by atoms with van der Waals surface area (Å²) in [6.45, 7) is 1.84. The van der Waals surface area contributed by atoms with Crippen LogP contribution >= 0.6 is 11.8 Å². The highest BCUT2D eigenvalue weighted by Crippen LogP contribution is 2.29. The highest BCUT2D eigenvalue weighted by molar-refractivity contribution is 8.00. The topological polar surface area (TPSA) is 75.4 Å². The first-order valence-electron chi connectivity index (χ1n) is 5.82. The van der Waals surface area contributed by atoms with Gasteiger partial charge in [0.2, 0.25) is 5.91 Å². The van der Waals surface area contributed by atoms with Crippen molar-refractivity contribution in [2.45, 2.75) is 18.3 Å². The first-order chi connectivity index (χ1) is 8.99. The van der Waals surface area contributed by atoms with Gasteiger partial charge in [0.25, 0.3) is 0 Å².